The number of aromatic amines is 1. The van der Waals surface area contributed by atoms with Gasteiger partial charge in [-0.15, -0.1) is 0 Å². The summed E-state index contributed by atoms with van der Waals surface area (Å²) < 4.78 is 5.40. The lowest BCUT2D eigenvalue weighted by molar-refractivity contribution is 0.103. The summed E-state index contributed by atoms with van der Waals surface area (Å²) in [5.41, 5.74) is 4.31. The minimum atomic E-state index is 0.0290. The maximum Gasteiger partial charge on any atom is 0.195 e. The molecule has 0 saturated carbocycles. The minimum absolute atomic E-state index is 0.0290. The maximum atomic E-state index is 13.0. The quantitative estimate of drug-likeness (QED) is 0.736. The van der Waals surface area contributed by atoms with Crippen molar-refractivity contribution in [1.29, 1.82) is 0 Å². The Balaban J connectivity index is 2.24. The van der Waals surface area contributed by atoms with Crippen LogP contribution in [0.15, 0.2) is 42.6 Å². The molecule has 0 saturated heterocycles. The molecule has 3 heteroatoms. The fourth-order valence-electron chi connectivity index (χ4n) is 2.81. The van der Waals surface area contributed by atoms with Crippen LogP contribution in [0.3, 0.4) is 0 Å². The molecule has 106 valence electrons. The highest BCUT2D eigenvalue weighted by Gasteiger charge is 2.19. The monoisotopic (exact) mass is 279 g/mol. The second-order valence-electron chi connectivity index (χ2n) is 5.18. The van der Waals surface area contributed by atoms with E-state index < -0.39 is 0 Å². The fourth-order valence-corrected chi connectivity index (χ4v) is 2.81. The van der Waals surface area contributed by atoms with Gasteiger partial charge < -0.3 is 9.72 Å². The van der Waals surface area contributed by atoms with Crippen LogP contribution < -0.4 is 4.74 Å². The van der Waals surface area contributed by atoms with E-state index >= 15 is 0 Å². The number of nitrogens with one attached hydrogen (secondary N) is 1. The molecule has 0 spiro atoms. The van der Waals surface area contributed by atoms with E-state index in [0.29, 0.717) is 11.3 Å². The highest BCUT2D eigenvalue weighted by atomic mass is 16.5. The first-order valence-corrected chi connectivity index (χ1v) is 6.88. The lowest BCUT2D eigenvalue weighted by Gasteiger charge is -2.09. The van der Waals surface area contributed by atoms with Crippen molar-refractivity contribution in [3.05, 3.63) is 64.8 Å². The molecule has 21 heavy (non-hydrogen) atoms. The molecule has 1 aromatic heterocycles. The fraction of sp³-hybridized carbons (Fsp3) is 0.167. The van der Waals surface area contributed by atoms with E-state index in [4.69, 9.17) is 4.74 Å². The van der Waals surface area contributed by atoms with Crippen molar-refractivity contribution in [2.24, 2.45) is 0 Å². The van der Waals surface area contributed by atoms with Crippen LogP contribution in [-0.2, 0) is 0 Å². The number of aromatic nitrogens is 1. The summed E-state index contributed by atoms with van der Waals surface area (Å²) in [6, 6.07) is 11.6. The van der Waals surface area contributed by atoms with Gasteiger partial charge in [-0.2, -0.15) is 0 Å². The molecule has 0 bridgehead atoms. The molecule has 3 nitrogen and oxygen atoms in total. The number of carbonyl (C=O) groups excluding carboxylic acids is 1. The van der Waals surface area contributed by atoms with Crippen molar-refractivity contribution >= 4 is 16.7 Å². The highest BCUT2D eigenvalue weighted by molar-refractivity contribution is 6.18. The number of carbonyl (C=O) groups is 1. The smallest absolute Gasteiger partial charge is 0.195 e. The molecular weight excluding hydrogens is 262 g/mol. The first kappa shape index (κ1) is 13.4. The number of methoxy groups -OCH3 is 1. The summed E-state index contributed by atoms with van der Waals surface area (Å²) in [6.45, 7) is 3.93. The van der Waals surface area contributed by atoms with E-state index in [1.807, 2.05) is 50.2 Å². The molecule has 0 fully saturated rings. The third kappa shape index (κ3) is 2.11. The van der Waals surface area contributed by atoms with Crippen LogP contribution in [0.2, 0.25) is 0 Å². The number of rotatable bonds is 3. The van der Waals surface area contributed by atoms with E-state index in [0.717, 1.165) is 27.6 Å². The topological polar surface area (TPSA) is 42.1 Å². The van der Waals surface area contributed by atoms with Crippen LogP contribution in [0.25, 0.3) is 10.9 Å². The summed E-state index contributed by atoms with van der Waals surface area (Å²) in [5, 5.41) is 0.840. The van der Waals surface area contributed by atoms with E-state index in [1.54, 1.807) is 13.3 Å². The average Bonchev–Trinajstić information content (AvgIpc) is 2.90. The van der Waals surface area contributed by atoms with Crippen molar-refractivity contribution in [1.82, 2.24) is 4.98 Å². The van der Waals surface area contributed by atoms with E-state index in [9.17, 15) is 4.79 Å². The molecule has 3 rings (SSSR count). The number of H-pyrrole nitrogens is 1. The van der Waals surface area contributed by atoms with Crippen molar-refractivity contribution in [2.45, 2.75) is 13.8 Å². The van der Waals surface area contributed by atoms with Crippen LogP contribution >= 0.6 is 0 Å². The van der Waals surface area contributed by atoms with Crippen molar-refractivity contribution in [3.8, 4) is 5.75 Å². The molecule has 1 N–H and O–H groups in total. The summed E-state index contributed by atoms with van der Waals surface area (Å²) in [4.78, 5) is 16.1. The molecule has 0 amide bonds. The summed E-state index contributed by atoms with van der Waals surface area (Å²) in [5.74, 6) is 0.740. The number of hydrogen-bond acceptors (Lipinski definition) is 2. The third-order valence-corrected chi connectivity index (χ3v) is 3.84. The van der Waals surface area contributed by atoms with Gasteiger partial charge in [0.2, 0.25) is 0 Å². The molecule has 1 heterocycles. The number of fused-ring (bicyclic) bond motifs is 1. The molecular formula is C18H17NO2. The Morgan fingerprint density at radius 3 is 2.38 bits per heavy atom. The van der Waals surface area contributed by atoms with Gasteiger partial charge in [-0.3, -0.25) is 4.79 Å². The molecule has 0 aliphatic rings. The molecule has 2 aromatic carbocycles. The third-order valence-electron chi connectivity index (χ3n) is 3.84. The lowest BCUT2D eigenvalue weighted by Crippen LogP contribution is -2.06. The zero-order chi connectivity index (χ0) is 15.0. The predicted octanol–water partition coefficient (Wildman–Crippen LogP) is 4.02. The van der Waals surface area contributed by atoms with Gasteiger partial charge in [-0.25, -0.2) is 0 Å². The van der Waals surface area contributed by atoms with Crippen LogP contribution in [0.5, 0.6) is 5.75 Å². The number of ether oxygens (including phenoxy) is 1. The zero-order valence-electron chi connectivity index (χ0n) is 12.4. The number of ketones is 1. The molecule has 0 unspecified atom stereocenters. The molecule has 0 aliphatic carbocycles. The Labute approximate surface area is 123 Å². The van der Waals surface area contributed by atoms with Crippen molar-refractivity contribution in [3.63, 3.8) is 0 Å². The van der Waals surface area contributed by atoms with Crippen molar-refractivity contribution < 1.29 is 9.53 Å². The molecule has 0 aliphatic heterocycles. The largest absolute Gasteiger partial charge is 0.496 e. The Hall–Kier alpha value is -2.55. The molecule has 3 aromatic rings. The predicted molar refractivity (Wildman–Crippen MR) is 84.2 cm³/mol. The Morgan fingerprint density at radius 2 is 1.71 bits per heavy atom. The van der Waals surface area contributed by atoms with Crippen LogP contribution in [-0.4, -0.2) is 17.9 Å². The second kappa shape index (κ2) is 5.09. The highest BCUT2D eigenvalue weighted by Crippen LogP contribution is 2.31. The van der Waals surface area contributed by atoms with Gasteiger partial charge >= 0.3 is 0 Å². The second-order valence-corrected chi connectivity index (χ2v) is 5.18. The lowest BCUT2D eigenvalue weighted by atomic mass is 9.94. The van der Waals surface area contributed by atoms with Crippen LogP contribution in [0, 0.1) is 13.8 Å². The van der Waals surface area contributed by atoms with Gasteiger partial charge in [0.1, 0.15) is 5.75 Å². The Bertz CT molecular complexity index is 810. The van der Waals surface area contributed by atoms with E-state index in [2.05, 4.69) is 4.98 Å². The Kier molecular flexibility index (Phi) is 3.26. The zero-order valence-corrected chi connectivity index (χ0v) is 12.4. The van der Waals surface area contributed by atoms with Gasteiger partial charge in [0.25, 0.3) is 0 Å². The summed E-state index contributed by atoms with van der Waals surface area (Å²) in [6.07, 6.45) is 1.77. The number of benzene rings is 2. The number of hydrogen-bond donors (Lipinski definition) is 1. The Morgan fingerprint density at radius 1 is 1.05 bits per heavy atom. The van der Waals surface area contributed by atoms with Gasteiger partial charge in [-0.05, 0) is 37.1 Å². The van der Waals surface area contributed by atoms with E-state index in [1.165, 1.54) is 0 Å². The van der Waals surface area contributed by atoms with Gasteiger partial charge in [0, 0.05) is 17.3 Å². The molecule has 0 radical (unpaired) electrons. The standard InChI is InChI=1S/C18H17NO2/c1-11-6-4-7-12(2)16(11)18(20)13-10-19-14-8-5-9-15(21-3)17(13)14/h4-10,19H,1-3H3. The SMILES string of the molecule is COc1cccc2[nH]cc(C(=O)c3c(C)cccc3C)c12. The maximum absolute atomic E-state index is 13.0. The van der Waals surface area contributed by atoms with Crippen LogP contribution in [0.1, 0.15) is 27.0 Å². The van der Waals surface area contributed by atoms with Gasteiger partial charge in [0.15, 0.2) is 5.78 Å². The summed E-state index contributed by atoms with van der Waals surface area (Å²) >= 11 is 0. The van der Waals surface area contributed by atoms with E-state index in [-0.39, 0.29) is 5.78 Å². The number of aryl methyl sites for hydroxylation is 2. The normalized spacial score (nSPS) is 10.8. The van der Waals surface area contributed by atoms with Crippen LogP contribution in [0.4, 0.5) is 0 Å². The van der Waals surface area contributed by atoms with Gasteiger partial charge in [-0.1, -0.05) is 24.3 Å². The van der Waals surface area contributed by atoms with Crippen molar-refractivity contribution in [2.75, 3.05) is 7.11 Å². The molecule has 0 atom stereocenters. The first-order chi connectivity index (χ1) is 10.1. The van der Waals surface area contributed by atoms with Gasteiger partial charge in [0.05, 0.1) is 18.1 Å². The first-order valence-electron chi connectivity index (χ1n) is 6.88. The minimum Gasteiger partial charge on any atom is -0.496 e. The average molecular weight is 279 g/mol. The summed E-state index contributed by atoms with van der Waals surface area (Å²) in [7, 11) is 1.62.